The second kappa shape index (κ2) is 4.50. The molecule has 2 aromatic heterocycles. The van der Waals surface area contributed by atoms with Crippen molar-refractivity contribution in [2.45, 2.75) is 0 Å². The molecule has 0 N–H and O–H groups in total. The molecule has 0 aliphatic heterocycles. The summed E-state index contributed by atoms with van der Waals surface area (Å²) in [7, 11) is 5.51. The van der Waals surface area contributed by atoms with E-state index in [1.165, 1.54) is 9.38 Å². The van der Waals surface area contributed by atoms with E-state index in [4.69, 9.17) is 7.05 Å². The quantitative estimate of drug-likeness (QED) is 0.571. The van der Waals surface area contributed by atoms with Crippen LogP contribution in [0.2, 0.25) is 0 Å². The van der Waals surface area contributed by atoms with Crippen molar-refractivity contribution in [3.63, 3.8) is 0 Å². The Hall–Kier alpha value is -0.961. The number of hydrogen-bond acceptors (Lipinski definition) is 2. The smallest absolute Gasteiger partial charge is 0.100 e. The van der Waals surface area contributed by atoms with Crippen molar-refractivity contribution in [2.24, 2.45) is 0 Å². The number of aromatic nitrogens is 2. The molecule has 0 unspecified atom stereocenters. The van der Waals surface area contributed by atoms with Crippen LogP contribution < -0.4 is 0 Å². The fourth-order valence-corrected chi connectivity index (χ4v) is 2.46. The van der Waals surface area contributed by atoms with E-state index >= 15 is 0 Å². The molecule has 2 nitrogen and oxygen atoms in total. The Morgan fingerprint density at radius 1 is 1.25 bits per heavy atom. The normalized spacial score (nSPS) is 10.3. The molecule has 0 bridgehead atoms. The summed E-state index contributed by atoms with van der Waals surface area (Å²) in [5, 5.41) is 5.28. The maximum absolute atomic E-state index is 5.51. The largest absolute Gasteiger partial charge is 0.274 e. The SMILES string of the molecule is [CH]n1ccc(-c2[c-]c3ccccc3s2)n1.[Ir]. The average molecular weight is 403 g/mol. The number of hydrogen-bond donors (Lipinski definition) is 0. The zero-order chi connectivity index (χ0) is 10.3. The Bertz CT molecular complexity index is 579. The third-order valence-corrected chi connectivity index (χ3v) is 3.28. The van der Waals surface area contributed by atoms with E-state index in [2.05, 4.69) is 23.3 Å². The molecule has 81 valence electrons. The van der Waals surface area contributed by atoms with Crippen molar-refractivity contribution in [2.75, 3.05) is 0 Å². The predicted octanol–water partition coefficient (Wildman–Crippen LogP) is 3.08. The van der Waals surface area contributed by atoms with Gasteiger partial charge in [-0.1, -0.05) is 18.2 Å². The Balaban J connectivity index is 0.000000963. The van der Waals surface area contributed by atoms with E-state index in [0.717, 1.165) is 16.0 Å². The molecule has 0 saturated carbocycles. The van der Waals surface area contributed by atoms with E-state index in [-0.39, 0.29) is 20.1 Å². The van der Waals surface area contributed by atoms with Crippen LogP contribution in [0.3, 0.4) is 0 Å². The van der Waals surface area contributed by atoms with E-state index < -0.39 is 0 Å². The molecule has 0 aliphatic carbocycles. The van der Waals surface area contributed by atoms with E-state index in [1.807, 2.05) is 18.2 Å². The van der Waals surface area contributed by atoms with Gasteiger partial charge in [-0.05, 0) is 9.58 Å². The summed E-state index contributed by atoms with van der Waals surface area (Å²) in [5.74, 6) is 0. The topological polar surface area (TPSA) is 17.8 Å². The van der Waals surface area contributed by atoms with Gasteiger partial charge in [0.25, 0.3) is 0 Å². The molecular formula is C12H7IrN2S-. The first-order valence-corrected chi connectivity index (χ1v) is 5.36. The molecule has 0 amide bonds. The molecule has 0 atom stereocenters. The van der Waals surface area contributed by atoms with Gasteiger partial charge >= 0.3 is 0 Å². The fourth-order valence-electron chi connectivity index (χ4n) is 1.49. The zero-order valence-corrected chi connectivity index (χ0v) is 11.4. The number of rotatable bonds is 1. The van der Waals surface area contributed by atoms with E-state index in [9.17, 15) is 0 Å². The number of nitrogens with zero attached hydrogens (tertiary/aromatic N) is 2. The first-order valence-electron chi connectivity index (χ1n) is 4.55. The van der Waals surface area contributed by atoms with Gasteiger partial charge in [-0.25, -0.2) is 16.4 Å². The van der Waals surface area contributed by atoms with Crippen molar-refractivity contribution >= 4 is 21.4 Å². The van der Waals surface area contributed by atoms with E-state index in [1.54, 1.807) is 17.5 Å². The minimum Gasteiger partial charge on any atom is -0.274 e. The summed E-state index contributed by atoms with van der Waals surface area (Å²) < 4.78 is 2.53. The predicted molar refractivity (Wildman–Crippen MR) is 61.6 cm³/mol. The minimum absolute atomic E-state index is 0. The molecule has 3 radical (unpaired) electrons. The first kappa shape index (κ1) is 11.5. The van der Waals surface area contributed by atoms with Crippen LogP contribution in [-0.4, -0.2) is 9.78 Å². The van der Waals surface area contributed by atoms with Gasteiger partial charge in [0, 0.05) is 32.0 Å². The van der Waals surface area contributed by atoms with Crippen molar-refractivity contribution in [3.8, 4) is 10.6 Å². The van der Waals surface area contributed by atoms with Gasteiger partial charge in [-0.3, -0.25) is 4.68 Å². The molecule has 0 saturated heterocycles. The van der Waals surface area contributed by atoms with Gasteiger partial charge < -0.3 is 0 Å². The number of thiophene rings is 1. The van der Waals surface area contributed by atoms with Gasteiger partial charge in [0.1, 0.15) is 7.05 Å². The Labute approximate surface area is 111 Å². The molecule has 2 heterocycles. The number of benzene rings is 1. The van der Waals surface area contributed by atoms with Crippen LogP contribution in [0.1, 0.15) is 0 Å². The van der Waals surface area contributed by atoms with Crippen molar-refractivity contribution < 1.29 is 20.1 Å². The van der Waals surface area contributed by atoms with Crippen LogP contribution in [0.4, 0.5) is 0 Å². The molecule has 0 spiro atoms. The monoisotopic (exact) mass is 404 g/mol. The third kappa shape index (κ3) is 1.96. The fraction of sp³-hybridized carbons (Fsp3) is 0. The molecule has 16 heavy (non-hydrogen) atoms. The summed E-state index contributed by atoms with van der Waals surface area (Å²) in [6.45, 7) is 0. The molecule has 0 aliphatic rings. The summed E-state index contributed by atoms with van der Waals surface area (Å²) in [6, 6.07) is 13.4. The summed E-state index contributed by atoms with van der Waals surface area (Å²) in [6.07, 6.45) is 1.73. The second-order valence-corrected chi connectivity index (χ2v) is 4.29. The van der Waals surface area contributed by atoms with Gasteiger partial charge in [-0.2, -0.15) is 0 Å². The second-order valence-electron chi connectivity index (χ2n) is 3.23. The summed E-state index contributed by atoms with van der Waals surface area (Å²) in [5.41, 5.74) is 0.874. The van der Waals surface area contributed by atoms with Crippen LogP contribution in [0.15, 0.2) is 36.5 Å². The zero-order valence-electron chi connectivity index (χ0n) is 8.18. The molecular weight excluding hydrogens is 396 g/mol. The van der Waals surface area contributed by atoms with Crippen LogP contribution in [0.25, 0.3) is 20.7 Å². The van der Waals surface area contributed by atoms with E-state index in [0.29, 0.717) is 0 Å². The van der Waals surface area contributed by atoms with Gasteiger partial charge in [0.15, 0.2) is 0 Å². The molecule has 0 fully saturated rings. The maximum Gasteiger partial charge on any atom is 0.100 e. The summed E-state index contributed by atoms with van der Waals surface area (Å²) >= 11 is 1.68. The third-order valence-electron chi connectivity index (χ3n) is 2.19. The van der Waals surface area contributed by atoms with Gasteiger partial charge in [-0.15, -0.1) is 23.6 Å². The van der Waals surface area contributed by atoms with Crippen molar-refractivity contribution in [1.29, 1.82) is 0 Å². The van der Waals surface area contributed by atoms with Crippen molar-refractivity contribution in [3.05, 3.63) is 49.6 Å². The molecule has 3 aromatic rings. The van der Waals surface area contributed by atoms with Crippen LogP contribution in [-0.2, 0) is 20.1 Å². The maximum atomic E-state index is 5.51. The van der Waals surface area contributed by atoms with Crippen LogP contribution >= 0.6 is 11.3 Å². The van der Waals surface area contributed by atoms with Crippen LogP contribution in [0.5, 0.6) is 0 Å². The first-order chi connectivity index (χ1) is 7.33. The Kier molecular flexibility index (Phi) is 3.24. The average Bonchev–Trinajstić information content (AvgIpc) is 2.82. The van der Waals surface area contributed by atoms with Crippen molar-refractivity contribution in [1.82, 2.24) is 9.78 Å². The minimum atomic E-state index is 0. The molecule has 3 rings (SSSR count). The van der Waals surface area contributed by atoms with Gasteiger partial charge in [0.05, 0.1) is 0 Å². The van der Waals surface area contributed by atoms with Gasteiger partial charge in [0.2, 0.25) is 0 Å². The molecule has 4 heteroatoms. The Morgan fingerprint density at radius 2 is 2.06 bits per heavy atom. The number of fused-ring (bicyclic) bond motifs is 1. The summed E-state index contributed by atoms with van der Waals surface area (Å²) in [4.78, 5) is 1.03. The Morgan fingerprint density at radius 3 is 2.75 bits per heavy atom. The van der Waals surface area contributed by atoms with Crippen LogP contribution in [0, 0.1) is 13.1 Å². The standard InChI is InChI=1S/C12H7N2S.Ir/c1-14-7-6-10(13-14)12-8-9-4-2-3-5-11(9)15-12;/h1-7H;/q-1;. The molecule has 1 aromatic carbocycles.